The number of nitrogens with one attached hydrogen (secondary N) is 1. The molecular weight excluding hydrogens is 384 g/mol. The zero-order valence-electron chi connectivity index (χ0n) is 10.4. The minimum Gasteiger partial charge on any atom is -0.306 e. The monoisotopic (exact) mass is 394 g/mol. The second-order valence-electron chi connectivity index (χ2n) is 4.10. The average molecular weight is 394 g/mol. The van der Waals surface area contributed by atoms with E-state index in [-0.39, 0.29) is 11.4 Å². The third kappa shape index (κ3) is 3.02. The molecule has 1 N–H and O–H groups in total. The Morgan fingerprint density at radius 3 is 2.35 bits per heavy atom. The van der Waals surface area contributed by atoms with Gasteiger partial charge >= 0.3 is 6.18 Å². The molecule has 0 aliphatic heterocycles. The van der Waals surface area contributed by atoms with Gasteiger partial charge in [0.25, 0.3) is 5.56 Å². The Morgan fingerprint density at radius 2 is 1.85 bits per heavy atom. The second kappa shape index (κ2) is 5.55. The summed E-state index contributed by atoms with van der Waals surface area (Å²) in [4.78, 5) is 18.6. The number of nitrogens with zero attached hydrogens (tertiary/aromatic N) is 1. The van der Waals surface area contributed by atoms with Gasteiger partial charge in [0.1, 0.15) is 5.82 Å². The van der Waals surface area contributed by atoms with Crippen LogP contribution in [0.1, 0.15) is 18.2 Å². The molecule has 0 aliphatic carbocycles. The molecule has 106 valence electrons. The maximum atomic E-state index is 12.5. The summed E-state index contributed by atoms with van der Waals surface area (Å²) in [7, 11) is 0. The van der Waals surface area contributed by atoms with Crippen molar-refractivity contribution in [3.8, 4) is 11.4 Å². The number of hydrogen-bond donors (Lipinski definition) is 1. The Balaban J connectivity index is 2.47. The van der Waals surface area contributed by atoms with E-state index in [1.165, 1.54) is 12.1 Å². The lowest BCUT2D eigenvalue weighted by Crippen LogP contribution is -2.16. The smallest absolute Gasteiger partial charge is 0.306 e. The highest BCUT2D eigenvalue weighted by Crippen LogP contribution is 2.30. The third-order valence-corrected chi connectivity index (χ3v) is 3.86. The molecule has 0 radical (unpaired) electrons. The predicted molar refractivity (Wildman–Crippen MR) is 77.4 cm³/mol. The van der Waals surface area contributed by atoms with E-state index in [0.717, 1.165) is 12.1 Å². The molecule has 0 amide bonds. The molecule has 1 heterocycles. The number of halogens is 4. The number of alkyl halides is 3. The van der Waals surface area contributed by atoms with E-state index < -0.39 is 11.7 Å². The van der Waals surface area contributed by atoms with Crippen LogP contribution in [-0.4, -0.2) is 9.97 Å². The van der Waals surface area contributed by atoms with Gasteiger partial charge in [-0.2, -0.15) is 13.2 Å². The van der Waals surface area contributed by atoms with Crippen molar-refractivity contribution in [3.05, 3.63) is 49.4 Å². The molecule has 0 aliphatic rings. The highest BCUT2D eigenvalue weighted by Gasteiger charge is 2.30. The molecule has 0 fully saturated rings. The zero-order chi connectivity index (χ0) is 14.9. The van der Waals surface area contributed by atoms with Crippen molar-refractivity contribution < 1.29 is 13.2 Å². The van der Waals surface area contributed by atoms with Gasteiger partial charge in [-0.3, -0.25) is 4.79 Å². The lowest BCUT2D eigenvalue weighted by Gasteiger charge is -2.08. The van der Waals surface area contributed by atoms with Crippen LogP contribution >= 0.6 is 22.6 Å². The number of H-pyrrole nitrogens is 1. The molecule has 2 aromatic rings. The van der Waals surface area contributed by atoms with Crippen molar-refractivity contribution in [2.24, 2.45) is 0 Å². The molecule has 0 bridgehead atoms. The van der Waals surface area contributed by atoms with E-state index in [9.17, 15) is 18.0 Å². The van der Waals surface area contributed by atoms with Gasteiger partial charge in [-0.25, -0.2) is 4.98 Å². The Labute approximate surface area is 126 Å². The number of aryl methyl sites for hydroxylation is 1. The van der Waals surface area contributed by atoms with Crippen LogP contribution in [0.25, 0.3) is 11.4 Å². The maximum Gasteiger partial charge on any atom is 0.416 e. The zero-order valence-corrected chi connectivity index (χ0v) is 12.5. The predicted octanol–water partition coefficient (Wildman–Crippen LogP) is 3.62. The van der Waals surface area contributed by atoms with Crippen LogP contribution in [0, 0.1) is 3.57 Å². The summed E-state index contributed by atoms with van der Waals surface area (Å²) >= 11 is 1.90. The molecule has 0 saturated carbocycles. The van der Waals surface area contributed by atoms with Gasteiger partial charge in [-0.1, -0.05) is 19.1 Å². The first-order valence-electron chi connectivity index (χ1n) is 5.79. The van der Waals surface area contributed by atoms with Gasteiger partial charge in [-0.05, 0) is 41.1 Å². The molecule has 1 aromatic heterocycles. The minimum absolute atomic E-state index is 0.279. The summed E-state index contributed by atoms with van der Waals surface area (Å²) in [6, 6.07) is 4.54. The normalized spacial score (nSPS) is 11.7. The molecule has 0 spiro atoms. The molecule has 20 heavy (non-hydrogen) atoms. The van der Waals surface area contributed by atoms with E-state index in [0.29, 0.717) is 21.2 Å². The Bertz CT molecular complexity index is 677. The van der Waals surface area contributed by atoms with E-state index in [4.69, 9.17) is 0 Å². The topological polar surface area (TPSA) is 45.8 Å². The first kappa shape index (κ1) is 15.0. The van der Waals surface area contributed by atoms with Crippen LogP contribution in [0.4, 0.5) is 13.2 Å². The molecule has 0 unspecified atom stereocenters. The van der Waals surface area contributed by atoms with Gasteiger partial charge < -0.3 is 4.98 Å². The summed E-state index contributed by atoms with van der Waals surface area (Å²) in [5, 5.41) is 0. The summed E-state index contributed by atoms with van der Waals surface area (Å²) in [5.41, 5.74) is 0.0580. The molecule has 2 rings (SSSR count). The number of aromatic amines is 1. The van der Waals surface area contributed by atoms with Crippen molar-refractivity contribution in [1.82, 2.24) is 9.97 Å². The summed E-state index contributed by atoms with van der Waals surface area (Å²) in [5.74, 6) is 0.279. The van der Waals surface area contributed by atoms with Crippen molar-refractivity contribution >= 4 is 22.6 Å². The number of benzene rings is 1. The van der Waals surface area contributed by atoms with Crippen molar-refractivity contribution in [2.75, 3.05) is 0 Å². The van der Waals surface area contributed by atoms with Gasteiger partial charge in [0, 0.05) is 5.56 Å². The lowest BCUT2D eigenvalue weighted by atomic mass is 10.1. The van der Waals surface area contributed by atoms with E-state index in [2.05, 4.69) is 9.97 Å². The minimum atomic E-state index is -4.37. The van der Waals surface area contributed by atoms with Crippen molar-refractivity contribution in [2.45, 2.75) is 19.5 Å². The van der Waals surface area contributed by atoms with Crippen LogP contribution in [0.3, 0.4) is 0 Å². The quantitative estimate of drug-likeness (QED) is 0.792. The molecular formula is C13H10F3IN2O. The first-order chi connectivity index (χ1) is 9.32. The number of hydrogen-bond acceptors (Lipinski definition) is 2. The summed E-state index contributed by atoms with van der Waals surface area (Å²) in [6.45, 7) is 1.86. The van der Waals surface area contributed by atoms with E-state index in [1.807, 2.05) is 29.5 Å². The van der Waals surface area contributed by atoms with Crippen molar-refractivity contribution in [3.63, 3.8) is 0 Å². The number of rotatable bonds is 2. The van der Waals surface area contributed by atoms with Crippen LogP contribution in [0.2, 0.25) is 0 Å². The fourth-order valence-corrected chi connectivity index (χ4v) is 2.33. The maximum absolute atomic E-state index is 12.5. The van der Waals surface area contributed by atoms with Gasteiger partial charge in [0.2, 0.25) is 0 Å². The Kier molecular flexibility index (Phi) is 4.17. The third-order valence-electron chi connectivity index (χ3n) is 2.75. The molecule has 1 aromatic carbocycles. The van der Waals surface area contributed by atoms with E-state index in [1.54, 1.807) is 0 Å². The average Bonchev–Trinajstić information content (AvgIpc) is 2.41. The van der Waals surface area contributed by atoms with E-state index >= 15 is 0 Å². The van der Waals surface area contributed by atoms with Crippen LogP contribution in [0.15, 0.2) is 29.1 Å². The molecule has 0 atom stereocenters. The Morgan fingerprint density at radius 1 is 1.25 bits per heavy atom. The summed E-state index contributed by atoms with van der Waals surface area (Å²) < 4.78 is 38.0. The lowest BCUT2D eigenvalue weighted by molar-refractivity contribution is -0.137. The summed E-state index contributed by atoms with van der Waals surface area (Å²) in [6.07, 6.45) is -3.80. The van der Waals surface area contributed by atoms with Gasteiger partial charge in [-0.15, -0.1) is 0 Å². The fourth-order valence-electron chi connectivity index (χ4n) is 1.69. The molecule has 3 nitrogen and oxygen atoms in total. The number of aromatic nitrogens is 2. The van der Waals surface area contributed by atoms with Gasteiger partial charge in [0.05, 0.1) is 14.8 Å². The molecule has 0 saturated heterocycles. The fraction of sp³-hybridized carbons (Fsp3) is 0.231. The SMILES string of the molecule is CCc1nc(-c2ccc(C(F)(F)F)cc2)[nH]c(=O)c1I. The van der Waals surface area contributed by atoms with Crippen LogP contribution < -0.4 is 5.56 Å². The first-order valence-corrected chi connectivity index (χ1v) is 6.87. The largest absolute Gasteiger partial charge is 0.416 e. The second-order valence-corrected chi connectivity index (χ2v) is 5.18. The highest BCUT2D eigenvalue weighted by molar-refractivity contribution is 14.1. The van der Waals surface area contributed by atoms with Crippen LogP contribution in [0.5, 0.6) is 0 Å². The van der Waals surface area contributed by atoms with Crippen molar-refractivity contribution in [1.29, 1.82) is 0 Å². The Hall–Kier alpha value is -1.38. The van der Waals surface area contributed by atoms with Gasteiger partial charge in [0.15, 0.2) is 0 Å². The van der Waals surface area contributed by atoms with Crippen LogP contribution in [-0.2, 0) is 12.6 Å². The standard InChI is InChI=1S/C13H10F3IN2O/c1-2-9-10(17)12(20)19-11(18-9)7-3-5-8(6-4-7)13(14,15)16/h3-6H,2H2,1H3,(H,18,19,20). The highest BCUT2D eigenvalue weighted by atomic mass is 127. The molecule has 7 heteroatoms.